The fourth-order valence-corrected chi connectivity index (χ4v) is 2.23. The molecular formula is C12H16N2OS. The first-order chi connectivity index (χ1) is 7.66. The SMILES string of the molecule is CC(C)C(O)c1ccn(Cc2nccs2)c1. The molecular weight excluding hydrogens is 220 g/mol. The first-order valence-electron chi connectivity index (χ1n) is 5.39. The zero-order valence-electron chi connectivity index (χ0n) is 9.50. The molecule has 1 atom stereocenters. The fourth-order valence-electron chi connectivity index (χ4n) is 1.60. The molecule has 1 unspecified atom stereocenters. The largest absolute Gasteiger partial charge is 0.388 e. The summed E-state index contributed by atoms with van der Waals surface area (Å²) in [6, 6.07) is 1.97. The minimum absolute atomic E-state index is 0.246. The summed E-state index contributed by atoms with van der Waals surface area (Å²) in [6.07, 6.45) is 5.42. The van der Waals surface area contributed by atoms with Crippen molar-refractivity contribution in [3.63, 3.8) is 0 Å². The molecule has 2 aromatic heterocycles. The Bertz CT molecular complexity index is 434. The van der Waals surface area contributed by atoms with Crippen LogP contribution in [0.2, 0.25) is 0 Å². The van der Waals surface area contributed by atoms with Crippen LogP contribution in [0.25, 0.3) is 0 Å². The lowest BCUT2D eigenvalue weighted by atomic mass is 10.0. The zero-order valence-corrected chi connectivity index (χ0v) is 10.3. The molecule has 2 heterocycles. The van der Waals surface area contributed by atoms with Gasteiger partial charge >= 0.3 is 0 Å². The van der Waals surface area contributed by atoms with Gasteiger partial charge < -0.3 is 9.67 Å². The van der Waals surface area contributed by atoms with Crippen LogP contribution in [0.15, 0.2) is 30.0 Å². The summed E-state index contributed by atoms with van der Waals surface area (Å²) in [5, 5.41) is 13.0. The molecule has 0 bridgehead atoms. The number of aliphatic hydroxyl groups is 1. The summed E-state index contributed by atoms with van der Waals surface area (Å²) >= 11 is 1.65. The van der Waals surface area contributed by atoms with Gasteiger partial charge in [0.25, 0.3) is 0 Å². The average Bonchev–Trinajstić information content (AvgIpc) is 2.88. The molecule has 0 aliphatic carbocycles. The van der Waals surface area contributed by atoms with Crippen molar-refractivity contribution in [1.82, 2.24) is 9.55 Å². The third-order valence-corrected chi connectivity index (χ3v) is 3.31. The van der Waals surface area contributed by atoms with Crippen molar-refractivity contribution >= 4 is 11.3 Å². The zero-order chi connectivity index (χ0) is 11.5. The molecule has 0 amide bonds. The minimum Gasteiger partial charge on any atom is -0.388 e. The highest BCUT2D eigenvalue weighted by atomic mass is 32.1. The summed E-state index contributed by atoms with van der Waals surface area (Å²) in [5.74, 6) is 0.246. The summed E-state index contributed by atoms with van der Waals surface area (Å²) in [4.78, 5) is 4.24. The fraction of sp³-hybridized carbons (Fsp3) is 0.417. The van der Waals surface area contributed by atoms with Gasteiger partial charge in [-0.3, -0.25) is 0 Å². The summed E-state index contributed by atoms with van der Waals surface area (Å²) in [5.41, 5.74) is 0.978. The Morgan fingerprint density at radius 1 is 1.50 bits per heavy atom. The van der Waals surface area contributed by atoms with Crippen molar-refractivity contribution in [3.8, 4) is 0 Å². The molecule has 0 aromatic carbocycles. The van der Waals surface area contributed by atoms with Crippen LogP contribution in [0, 0.1) is 5.92 Å². The van der Waals surface area contributed by atoms with Crippen LogP contribution in [0.4, 0.5) is 0 Å². The third-order valence-electron chi connectivity index (χ3n) is 2.55. The van der Waals surface area contributed by atoms with Crippen LogP contribution in [0.5, 0.6) is 0 Å². The second kappa shape index (κ2) is 4.80. The molecule has 1 N–H and O–H groups in total. The molecule has 0 spiro atoms. The van der Waals surface area contributed by atoms with Gasteiger partial charge in [-0.2, -0.15) is 0 Å². The van der Waals surface area contributed by atoms with E-state index in [0.29, 0.717) is 0 Å². The Hall–Kier alpha value is -1.13. The molecule has 4 heteroatoms. The Kier molecular flexibility index (Phi) is 3.41. The maximum atomic E-state index is 9.91. The number of hydrogen-bond acceptors (Lipinski definition) is 3. The van der Waals surface area contributed by atoms with Gasteiger partial charge in [0.15, 0.2) is 0 Å². The van der Waals surface area contributed by atoms with Crippen LogP contribution in [0.1, 0.15) is 30.5 Å². The number of thiazole rings is 1. The van der Waals surface area contributed by atoms with E-state index in [9.17, 15) is 5.11 Å². The lowest BCUT2D eigenvalue weighted by Gasteiger charge is -2.12. The summed E-state index contributed by atoms with van der Waals surface area (Å²) < 4.78 is 2.06. The van der Waals surface area contributed by atoms with Crippen LogP contribution in [-0.2, 0) is 6.54 Å². The van der Waals surface area contributed by atoms with Crippen molar-refractivity contribution in [2.45, 2.75) is 26.5 Å². The van der Waals surface area contributed by atoms with E-state index < -0.39 is 0 Å². The van der Waals surface area contributed by atoms with Gasteiger partial charge in [-0.25, -0.2) is 4.98 Å². The molecule has 2 rings (SSSR count). The maximum Gasteiger partial charge on any atom is 0.112 e. The number of aromatic nitrogens is 2. The van der Waals surface area contributed by atoms with Crippen molar-refractivity contribution in [3.05, 3.63) is 40.6 Å². The van der Waals surface area contributed by atoms with Crippen LogP contribution in [0.3, 0.4) is 0 Å². The quantitative estimate of drug-likeness (QED) is 0.886. The highest BCUT2D eigenvalue weighted by Crippen LogP contribution is 2.21. The number of hydrogen-bond donors (Lipinski definition) is 1. The van der Waals surface area contributed by atoms with E-state index in [1.54, 1.807) is 11.3 Å². The highest BCUT2D eigenvalue weighted by Gasteiger charge is 2.13. The van der Waals surface area contributed by atoms with E-state index in [1.807, 2.05) is 43.9 Å². The molecule has 16 heavy (non-hydrogen) atoms. The molecule has 0 saturated heterocycles. The Balaban J connectivity index is 2.08. The van der Waals surface area contributed by atoms with Crippen LogP contribution in [-0.4, -0.2) is 14.7 Å². The standard InChI is InChI=1S/C12H16N2OS/c1-9(2)12(15)10-3-5-14(7-10)8-11-13-4-6-16-11/h3-7,9,12,15H,8H2,1-2H3. The Morgan fingerprint density at radius 2 is 2.31 bits per heavy atom. The second-order valence-corrected chi connectivity index (χ2v) is 5.21. The normalized spacial score (nSPS) is 13.2. The van der Waals surface area contributed by atoms with E-state index in [1.165, 1.54) is 0 Å². The van der Waals surface area contributed by atoms with Crippen molar-refractivity contribution in [2.24, 2.45) is 5.92 Å². The lowest BCUT2D eigenvalue weighted by molar-refractivity contribution is 0.127. The van der Waals surface area contributed by atoms with Gasteiger partial charge in [-0.15, -0.1) is 11.3 Å². The molecule has 0 saturated carbocycles. The summed E-state index contributed by atoms with van der Waals surface area (Å²) in [7, 11) is 0. The first-order valence-corrected chi connectivity index (χ1v) is 6.27. The lowest BCUT2D eigenvalue weighted by Crippen LogP contribution is -2.04. The number of nitrogens with zero attached hydrogens (tertiary/aromatic N) is 2. The predicted molar refractivity (Wildman–Crippen MR) is 65.4 cm³/mol. The van der Waals surface area contributed by atoms with Gasteiger partial charge in [-0.05, 0) is 17.5 Å². The average molecular weight is 236 g/mol. The van der Waals surface area contributed by atoms with E-state index in [0.717, 1.165) is 17.1 Å². The number of aliphatic hydroxyl groups excluding tert-OH is 1. The Morgan fingerprint density at radius 3 is 2.94 bits per heavy atom. The van der Waals surface area contributed by atoms with Crippen LogP contribution < -0.4 is 0 Å². The molecule has 0 aliphatic rings. The topological polar surface area (TPSA) is 38.0 Å². The first kappa shape index (κ1) is 11.4. The molecule has 2 aromatic rings. The highest BCUT2D eigenvalue weighted by molar-refractivity contribution is 7.09. The molecule has 0 fully saturated rings. The van der Waals surface area contributed by atoms with Gasteiger partial charge in [0.05, 0.1) is 12.6 Å². The van der Waals surface area contributed by atoms with E-state index in [4.69, 9.17) is 0 Å². The van der Waals surface area contributed by atoms with E-state index in [-0.39, 0.29) is 12.0 Å². The molecule has 3 nitrogen and oxygen atoms in total. The van der Waals surface area contributed by atoms with Crippen molar-refractivity contribution in [1.29, 1.82) is 0 Å². The molecule has 0 aliphatic heterocycles. The molecule has 0 radical (unpaired) electrons. The van der Waals surface area contributed by atoms with Gasteiger partial charge in [0.1, 0.15) is 5.01 Å². The monoisotopic (exact) mass is 236 g/mol. The number of rotatable bonds is 4. The summed E-state index contributed by atoms with van der Waals surface area (Å²) in [6.45, 7) is 4.81. The molecule has 86 valence electrons. The van der Waals surface area contributed by atoms with Gasteiger partial charge in [-0.1, -0.05) is 13.8 Å². The van der Waals surface area contributed by atoms with Gasteiger partial charge in [0, 0.05) is 24.0 Å². The maximum absolute atomic E-state index is 9.91. The Labute approximate surface area is 99.4 Å². The minimum atomic E-state index is -0.377. The van der Waals surface area contributed by atoms with Crippen molar-refractivity contribution in [2.75, 3.05) is 0 Å². The second-order valence-electron chi connectivity index (χ2n) is 4.23. The predicted octanol–water partition coefficient (Wildman–Crippen LogP) is 2.68. The smallest absolute Gasteiger partial charge is 0.112 e. The van der Waals surface area contributed by atoms with E-state index in [2.05, 4.69) is 9.55 Å². The van der Waals surface area contributed by atoms with Gasteiger partial charge in [0.2, 0.25) is 0 Å². The third kappa shape index (κ3) is 2.51. The van der Waals surface area contributed by atoms with Crippen molar-refractivity contribution < 1.29 is 5.11 Å². The van der Waals surface area contributed by atoms with E-state index >= 15 is 0 Å². The van der Waals surface area contributed by atoms with Crippen LogP contribution >= 0.6 is 11.3 Å².